The molecule has 0 bridgehead atoms. The fraction of sp³-hybridized carbons (Fsp3) is 0.293. The number of aromatic nitrogens is 1. The van der Waals surface area contributed by atoms with Crippen molar-refractivity contribution in [2.24, 2.45) is 0 Å². The first-order valence-electron chi connectivity index (χ1n) is 15.8. The van der Waals surface area contributed by atoms with E-state index < -0.39 is 0 Å². The normalized spacial score (nSPS) is 14.6. The lowest BCUT2D eigenvalue weighted by Crippen LogP contribution is -2.12. The van der Waals surface area contributed by atoms with Crippen molar-refractivity contribution in [1.82, 2.24) is 4.98 Å². The van der Waals surface area contributed by atoms with E-state index in [2.05, 4.69) is 92.5 Å². The molecule has 0 amide bonds. The fourth-order valence-corrected chi connectivity index (χ4v) is 6.81. The lowest BCUT2D eigenvalue weighted by molar-refractivity contribution is 0.405. The minimum Gasteiger partial charge on any atom is -0.496 e. The number of hydrogen-bond donors (Lipinski definition) is 0. The van der Waals surface area contributed by atoms with Crippen molar-refractivity contribution in [3.63, 3.8) is 0 Å². The van der Waals surface area contributed by atoms with Gasteiger partial charge in [-0.05, 0) is 111 Å². The van der Waals surface area contributed by atoms with Gasteiger partial charge in [-0.25, -0.2) is 0 Å². The monoisotopic (exact) mass is 581 g/mol. The molecular formula is C41H43NO2. The van der Waals surface area contributed by atoms with E-state index in [0.29, 0.717) is 5.92 Å². The average Bonchev–Trinajstić information content (AvgIpc) is 3.06. The van der Waals surface area contributed by atoms with Gasteiger partial charge in [0.1, 0.15) is 11.5 Å². The van der Waals surface area contributed by atoms with Crippen molar-refractivity contribution in [1.29, 1.82) is 0 Å². The molecule has 3 nitrogen and oxygen atoms in total. The molecule has 0 fully saturated rings. The Balaban J connectivity index is 0.000000289. The van der Waals surface area contributed by atoms with Gasteiger partial charge in [0, 0.05) is 12.4 Å². The molecular weight excluding hydrogens is 538 g/mol. The quantitative estimate of drug-likeness (QED) is 0.190. The first kappa shape index (κ1) is 29.7. The van der Waals surface area contributed by atoms with Gasteiger partial charge in [-0.2, -0.15) is 0 Å². The fourth-order valence-electron chi connectivity index (χ4n) is 6.81. The van der Waals surface area contributed by atoms with E-state index in [4.69, 9.17) is 9.47 Å². The van der Waals surface area contributed by atoms with Crippen LogP contribution in [0.15, 0.2) is 103 Å². The number of pyridine rings is 1. The summed E-state index contributed by atoms with van der Waals surface area (Å²) >= 11 is 0. The minimum atomic E-state index is 0.205. The van der Waals surface area contributed by atoms with Crippen molar-refractivity contribution in [2.75, 3.05) is 14.2 Å². The van der Waals surface area contributed by atoms with Gasteiger partial charge in [0.2, 0.25) is 0 Å². The standard InChI is InChI=1S/C32H36O2.C9H7N/c1-32(2,3)23-16-13-21(14-17-23)12-15-22-8-6-9-25-24(22)18-19-26-27-10-7-11-29(33-4)31(27)30(34-5)20-28(25)26;1-2-4-9-7-10-6-5-8(9)3-1/h7,10-11,13-14,16-20,22H,6,8-9,12,15H2,1-5H3;1-7H/t22-;/m0./s1. The summed E-state index contributed by atoms with van der Waals surface area (Å²) in [7, 11) is 3.49. The zero-order valence-electron chi connectivity index (χ0n) is 26.7. The Hall–Kier alpha value is -4.37. The summed E-state index contributed by atoms with van der Waals surface area (Å²) in [6, 6.07) is 32.7. The largest absolute Gasteiger partial charge is 0.496 e. The van der Waals surface area contributed by atoms with Gasteiger partial charge in [0.05, 0.1) is 19.6 Å². The first-order valence-corrected chi connectivity index (χ1v) is 15.8. The summed E-state index contributed by atoms with van der Waals surface area (Å²) in [4.78, 5) is 4.01. The Labute approximate surface area is 261 Å². The maximum Gasteiger partial charge on any atom is 0.131 e. The highest BCUT2D eigenvalue weighted by atomic mass is 16.5. The highest BCUT2D eigenvalue weighted by molar-refractivity contribution is 6.13. The molecule has 44 heavy (non-hydrogen) atoms. The predicted molar refractivity (Wildman–Crippen MR) is 185 cm³/mol. The zero-order chi connectivity index (χ0) is 30.7. The first-order chi connectivity index (χ1) is 21.4. The molecule has 7 rings (SSSR count). The number of benzene rings is 5. The second-order valence-corrected chi connectivity index (χ2v) is 13.0. The van der Waals surface area contributed by atoms with Crippen LogP contribution in [0.5, 0.6) is 11.5 Å². The van der Waals surface area contributed by atoms with Crippen LogP contribution in [-0.2, 0) is 18.3 Å². The van der Waals surface area contributed by atoms with Crippen molar-refractivity contribution >= 4 is 32.3 Å². The molecule has 0 spiro atoms. The zero-order valence-corrected chi connectivity index (χ0v) is 26.7. The van der Waals surface area contributed by atoms with Crippen LogP contribution in [0.25, 0.3) is 32.3 Å². The number of nitrogens with zero attached hydrogens (tertiary/aromatic N) is 1. The Morgan fingerprint density at radius 2 is 1.52 bits per heavy atom. The molecule has 1 aliphatic rings. The van der Waals surface area contributed by atoms with Gasteiger partial charge in [0.15, 0.2) is 0 Å². The van der Waals surface area contributed by atoms with Crippen molar-refractivity contribution in [3.05, 3.63) is 126 Å². The SMILES string of the molecule is COc1cccc2c1c(OC)cc1c3c(ccc12)[C@H](CCc1ccc(C(C)(C)C)cc1)CCC3.c1ccc2cnccc2c1. The van der Waals surface area contributed by atoms with Gasteiger partial charge in [-0.15, -0.1) is 0 Å². The van der Waals surface area contributed by atoms with Gasteiger partial charge in [0.25, 0.3) is 0 Å². The lowest BCUT2D eigenvalue weighted by Gasteiger charge is -2.28. The molecule has 1 atom stereocenters. The molecule has 0 aliphatic heterocycles. The summed E-state index contributed by atoms with van der Waals surface area (Å²) in [5.41, 5.74) is 6.11. The Morgan fingerprint density at radius 1 is 0.750 bits per heavy atom. The Kier molecular flexibility index (Phi) is 8.57. The second-order valence-electron chi connectivity index (χ2n) is 13.0. The Bertz CT molecular complexity index is 1830. The summed E-state index contributed by atoms with van der Waals surface area (Å²) in [5, 5.41) is 7.35. The number of methoxy groups -OCH3 is 2. The molecule has 1 aromatic heterocycles. The summed E-state index contributed by atoms with van der Waals surface area (Å²) in [6.07, 6.45) is 9.67. The van der Waals surface area contributed by atoms with Gasteiger partial charge in [-0.1, -0.05) is 93.6 Å². The van der Waals surface area contributed by atoms with E-state index in [1.54, 1.807) is 14.2 Å². The third-order valence-electron chi connectivity index (χ3n) is 9.24. The van der Waals surface area contributed by atoms with Crippen LogP contribution in [0, 0.1) is 0 Å². The molecule has 0 N–H and O–H groups in total. The maximum atomic E-state index is 5.85. The number of aryl methyl sites for hydroxylation is 2. The predicted octanol–water partition coefficient (Wildman–Crippen LogP) is 10.6. The molecule has 5 aromatic carbocycles. The van der Waals surface area contributed by atoms with E-state index in [9.17, 15) is 0 Å². The molecule has 224 valence electrons. The van der Waals surface area contributed by atoms with Gasteiger partial charge < -0.3 is 9.47 Å². The van der Waals surface area contributed by atoms with E-state index in [1.807, 2.05) is 36.7 Å². The van der Waals surface area contributed by atoms with Crippen molar-refractivity contribution in [2.45, 2.75) is 64.2 Å². The molecule has 0 unspecified atom stereocenters. The third kappa shape index (κ3) is 6.01. The van der Waals surface area contributed by atoms with E-state index in [1.165, 1.54) is 68.4 Å². The number of hydrogen-bond acceptors (Lipinski definition) is 3. The number of ether oxygens (including phenoxy) is 2. The smallest absolute Gasteiger partial charge is 0.131 e. The molecule has 1 heterocycles. The molecule has 0 radical (unpaired) electrons. The second kappa shape index (κ2) is 12.7. The van der Waals surface area contributed by atoms with Crippen LogP contribution >= 0.6 is 0 Å². The number of fused-ring (bicyclic) bond motifs is 6. The summed E-state index contributed by atoms with van der Waals surface area (Å²) in [5.74, 6) is 2.38. The molecule has 0 saturated heterocycles. The van der Waals surface area contributed by atoms with Gasteiger partial charge >= 0.3 is 0 Å². The minimum absolute atomic E-state index is 0.205. The highest BCUT2D eigenvalue weighted by Gasteiger charge is 2.24. The molecule has 6 aromatic rings. The average molecular weight is 582 g/mol. The van der Waals surface area contributed by atoms with E-state index in [-0.39, 0.29) is 5.41 Å². The van der Waals surface area contributed by atoms with E-state index in [0.717, 1.165) is 29.7 Å². The number of rotatable bonds is 5. The van der Waals surface area contributed by atoms with E-state index >= 15 is 0 Å². The highest BCUT2D eigenvalue weighted by Crippen LogP contribution is 2.44. The molecule has 1 aliphatic carbocycles. The van der Waals surface area contributed by atoms with Crippen molar-refractivity contribution in [3.8, 4) is 11.5 Å². The van der Waals surface area contributed by atoms with Crippen LogP contribution in [-0.4, -0.2) is 19.2 Å². The molecule has 0 saturated carbocycles. The molecule has 3 heteroatoms. The summed E-state index contributed by atoms with van der Waals surface area (Å²) < 4.78 is 11.5. The maximum absolute atomic E-state index is 5.85. The van der Waals surface area contributed by atoms with Crippen LogP contribution in [0.3, 0.4) is 0 Å². The van der Waals surface area contributed by atoms with Gasteiger partial charge in [-0.3, -0.25) is 4.98 Å². The summed E-state index contributed by atoms with van der Waals surface area (Å²) in [6.45, 7) is 6.83. The van der Waals surface area contributed by atoms with Crippen LogP contribution < -0.4 is 9.47 Å². The lowest BCUT2D eigenvalue weighted by atomic mass is 9.77. The Morgan fingerprint density at radius 3 is 2.25 bits per heavy atom. The van der Waals surface area contributed by atoms with Crippen LogP contribution in [0.4, 0.5) is 0 Å². The van der Waals surface area contributed by atoms with Crippen LogP contribution in [0.1, 0.15) is 68.2 Å². The van der Waals surface area contributed by atoms with Crippen LogP contribution in [0.2, 0.25) is 0 Å². The topological polar surface area (TPSA) is 31.4 Å². The van der Waals surface area contributed by atoms with Crippen molar-refractivity contribution < 1.29 is 9.47 Å². The third-order valence-corrected chi connectivity index (χ3v) is 9.24.